The van der Waals surface area contributed by atoms with Crippen LogP contribution < -0.4 is 11.1 Å². The molecule has 0 saturated carbocycles. The maximum absolute atomic E-state index is 5.73. The van der Waals surface area contributed by atoms with Crippen LogP contribution in [0.15, 0.2) is 16.7 Å². The molecule has 1 unspecified atom stereocenters. The van der Waals surface area contributed by atoms with Gasteiger partial charge >= 0.3 is 0 Å². The van der Waals surface area contributed by atoms with E-state index >= 15 is 0 Å². The highest BCUT2D eigenvalue weighted by molar-refractivity contribution is 6.29. The van der Waals surface area contributed by atoms with Crippen molar-refractivity contribution >= 4 is 11.6 Å². The van der Waals surface area contributed by atoms with Gasteiger partial charge in [0.1, 0.15) is 0 Å². The number of nitrogens with one attached hydrogen (secondary N) is 1. The summed E-state index contributed by atoms with van der Waals surface area (Å²) in [5.41, 5.74) is 6.40. The molecule has 0 amide bonds. The highest BCUT2D eigenvalue weighted by Crippen LogP contribution is 2.15. The smallest absolute Gasteiger partial charge is 0.197 e. The molecule has 12 heavy (non-hydrogen) atoms. The Bertz CT molecular complexity index is 237. The number of rotatable bonds is 4. The lowest BCUT2D eigenvalue weighted by Crippen LogP contribution is -2.32. The predicted octanol–water partition coefficient (Wildman–Crippen LogP) is 1.37. The van der Waals surface area contributed by atoms with Gasteiger partial charge in [-0.2, -0.15) is 0 Å². The third-order valence-corrected chi connectivity index (χ3v) is 2.02. The Morgan fingerprint density at radius 1 is 1.75 bits per heavy atom. The molecule has 4 heteroatoms. The van der Waals surface area contributed by atoms with Crippen LogP contribution >= 0.6 is 11.6 Å². The van der Waals surface area contributed by atoms with E-state index in [-0.39, 0.29) is 0 Å². The summed E-state index contributed by atoms with van der Waals surface area (Å²) in [6, 6.07) is 2.15. The number of hydrogen-bond acceptors (Lipinski definition) is 3. The van der Waals surface area contributed by atoms with Crippen molar-refractivity contribution in [2.75, 3.05) is 6.54 Å². The minimum absolute atomic E-state index is 0.302. The van der Waals surface area contributed by atoms with Crippen molar-refractivity contribution in [3.05, 3.63) is 23.1 Å². The molecule has 1 aromatic heterocycles. The molecule has 0 bridgehead atoms. The van der Waals surface area contributed by atoms with Crippen molar-refractivity contribution in [1.29, 1.82) is 0 Å². The second-order valence-corrected chi connectivity index (χ2v) is 3.08. The first-order chi connectivity index (χ1) is 5.74. The fourth-order valence-corrected chi connectivity index (χ4v) is 0.994. The topological polar surface area (TPSA) is 51.2 Å². The van der Waals surface area contributed by atoms with Crippen molar-refractivity contribution in [2.45, 2.75) is 19.5 Å². The van der Waals surface area contributed by atoms with Crippen LogP contribution in [0.3, 0.4) is 0 Å². The molecule has 1 atom stereocenters. The zero-order chi connectivity index (χ0) is 8.97. The summed E-state index contributed by atoms with van der Waals surface area (Å²) in [5, 5.41) is 3.66. The van der Waals surface area contributed by atoms with E-state index in [9.17, 15) is 0 Å². The Hall–Kier alpha value is -0.510. The molecule has 0 aromatic carbocycles. The van der Waals surface area contributed by atoms with E-state index in [1.165, 1.54) is 0 Å². The summed E-state index contributed by atoms with van der Waals surface area (Å²) in [5.74, 6) is 0. The molecule has 0 aliphatic rings. The molecule has 1 heterocycles. The lowest BCUT2D eigenvalue weighted by Gasteiger charge is -2.09. The van der Waals surface area contributed by atoms with E-state index in [0.29, 0.717) is 24.4 Å². The van der Waals surface area contributed by atoms with Crippen molar-refractivity contribution in [3.63, 3.8) is 0 Å². The van der Waals surface area contributed by atoms with E-state index in [1.807, 2.05) is 13.0 Å². The monoisotopic (exact) mass is 188 g/mol. The van der Waals surface area contributed by atoms with Gasteiger partial charge in [-0.3, -0.25) is 0 Å². The minimum Gasteiger partial charge on any atom is -0.453 e. The van der Waals surface area contributed by atoms with Gasteiger partial charge in [-0.15, -0.1) is 0 Å². The van der Waals surface area contributed by atoms with Gasteiger partial charge in [0.15, 0.2) is 5.22 Å². The highest BCUT2D eigenvalue weighted by Gasteiger charge is 2.04. The number of furan rings is 1. The largest absolute Gasteiger partial charge is 0.453 e. The average Bonchev–Trinajstić information content (AvgIpc) is 2.47. The summed E-state index contributed by atoms with van der Waals surface area (Å²) < 4.78 is 4.92. The summed E-state index contributed by atoms with van der Waals surface area (Å²) in [4.78, 5) is 0. The van der Waals surface area contributed by atoms with Crippen LogP contribution in [-0.2, 0) is 6.54 Å². The molecule has 68 valence electrons. The fraction of sp³-hybridized carbons (Fsp3) is 0.500. The van der Waals surface area contributed by atoms with Crippen molar-refractivity contribution in [2.24, 2.45) is 5.73 Å². The molecule has 0 saturated heterocycles. The molecule has 0 spiro atoms. The second-order valence-electron chi connectivity index (χ2n) is 2.74. The fourth-order valence-electron chi connectivity index (χ4n) is 0.813. The van der Waals surface area contributed by atoms with Gasteiger partial charge in [-0.1, -0.05) is 0 Å². The molecular weight excluding hydrogens is 176 g/mol. The summed E-state index contributed by atoms with van der Waals surface area (Å²) in [7, 11) is 0. The summed E-state index contributed by atoms with van der Waals surface area (Å²) >= 11 is 5.73. The lowest BCUT2D eigenvalue weighted by atomic mass is 10.3. The lowest BCUT2D eigenvalue weighted by molar-refractivity contribution is 0.540. The van der Waals surface area contributed by atoms with Gasteiger partial charge in [0.2, 0.25) is 0 Å². The van der Waals surface area contributed by atoms with Crippen LogP contribution in [0.25, 0.3) is 0 Å². The molecule has 1 rings (SSSR count). The molecule has 3 N–H and O–H groups in total. The van der Waals surface area contributed by atoms with E-state index < -0.39 is 0 Å². The maximum atomic E-state index is 5.73. The third-order valence-electron chi connectivity index (χ3n) is 1.69. The maximum Gasteiger partial charge on any atom is 0.197 e. The Balaban J connectivity index is 2.38. The normalized spacial score (nSPS) is 13.2. The molecule has 0 fully saturated rings. The van der Waals surface area contributed by atoms with Gasteiger partial charge in [-0.05, 0) is 24.6 Å². The van der Waals surface area contributed by atoms with Crippen molar-refractivity contribution in [3.8, 4) is 0 Å². The zero-order valence-electron chi connectivity index (χ0n) is 7.01. The standard InChI is InChI=1S/C8H13ClN2O/c1-6(4-10)11-5-7-2-3-12-8(7)9/h2-3,6,11H,4-5,10H2,1H3. The second kappa shape index (κ2) is 4.50. The van der Waals surface area contributed by atoms with E-state index in [1.54, 1.807) is 6.26 Å². The Morgan fingerprint density at radius 3 is 3.00 bits per heavy atom. The molecule has 0 aliphatic heterocycles. The van der Waals surface area contributed by atoms with E-state index in [0.717, 1.165) is 5.56 Å². The Kier molecular flexibility index (Phi) is 3.59. The quantitative estimate of drug-likeness (QED) is 0.751. The Labute approximate surface area is 76.9 Å². The zero-order valence-corrected chi connectivity index (χ0v) is 7.77. The molecule has 0 aliphatic carbocycles. The molecule has 1 aromatic rings. The van der Waals surface area contributed by atoms with Crippen LogP contribution in [0.2, 0.25) is 5.22 Å². The minimum atomic E-state index is 0.302. The number of hydrogen-bond donors (Lipinski definition) is 2. The predicted molar refractivity (Wildman–Crippen MR) is 49.1 cm³/mol. The molecular formula is C8H13ClN2O. The van der Waals surface area contributed by atoms with Crippen LogP contribution in [-0.4, -0.2) is 12.6 Å². The molecule has 0 radical (unpaired) electrons. The molecule has 3 nitrogen and oxygen atoms in total. The number of nitrogens with two attached hydrogens (primary N) is 1. The number of halogens is 1. The van der Waals surface area contributed by atoms with E-state index in [2.05, 4.69) is 5.32 Å². The van der Waals surface area contributed by atoms with Crippen molar-refractivity contribution < 1.29 is 4.42 Å². The third kappa shape index (κ3) is 2.52. The van der Waals surface area contributed by atoms with Crippen LogP contribution in [0.4, 0.5) is 0 Å². The van der Waals surface area contributed by atoms with Gasteiger partial charge in [0, 0.05) is 24.7 Å². The van der Waals surface area contributed by atoms with Crippen LogP contribution in [0.1, 0.15) is 12.5 Å². The van der Waals surface area contributed by atoms with Crippen LogP contribution in [0.5, 0.6) is 0 Å². The van der Waals surface area contributed by atoms with E-state index in [4.69, 9.17) is 21.8 Å². The first-order valence-corrected chi connectivity index (χ1v) is 4.27. The summed E-state index contributed by atoms with van der Waals surface area (Å²) in [6.45, 7) is 3.34. The van der Waals surface area contributed by atoms with Crippen LogP contribution in [0, 0.1) is 0 Å². The van der Waals surface area contributed by atoms with Gasteiger partial charge in [0.25, 0.3) is 0 Å². The SMILES string of the molecule is CC(CN)NCc1ccoc1Cl. The van der Waals surface area contributed by atoms with Crippen molar-refractivity contribution in [1.82, 2.24) is 5.32 Å². The van der Waals surface area contributed by atoms with Gasteiger partial charge < -0.3 is 15.5 Å². The highest BCUT2D eigenvalue weighted by atomic mass is 35.5. The first kappa shape index (κ1) is 9.58. The average molecular weight is 189 g/mol. The summed E-state index contributed by atoms with van der Waals surface area (Å²) in [6.07, 6.45) is 1.58. The van der Waals surface area contributed by atoms with Gasteiger partial charge in [-0.25, -0.2) is 0 Å². The first-order valence-electron chi connectivity index (χ1n) is 3.89. The Morgan fingerprint density at radius 2 is 2.50 bits per heavy atom. The van der Waals surface area contributed by atoms with Gasteiger partial charge in [0.05, 0.1) is 6.26 Å².